The topological polar surface area (TPSA) is 145 Å². The Morgan fingerprint density at radius 1 is 1.50 bits per heavy atom. The predicted molar refractivity (Wildman–Crippen MR) is 62.7 cm³/mol. The van der Waals surface area contributed by atoms with E-state index in [-0.39, 0.29) is 44.3 Å². The summed E-state index contributed by atoms with van der Waals surface area (Å²) < 4.78 is 0. The zero-order valence-corrected chi connectivity index (χ0v) is 10.4. The Morgan fingerprint density at radius 2 is 2.11 bits per heavy atom. The lowest BCUT2D eigenvalue weighted by Gasteiger charge is -2.07. The Morgan fingerprint density at radius 3 is 2.61 bits per heavy atom. The predicted octanol–water partition coefficient (Wildman–Crippen LogP) is -0.685. The Bertz CT molecular complexity index is 288. The van der Waals surface area contributed by atoms with Gasteiger partial charge in [0.05, 0.1) is 6.61 Å². The van der Waals surface area contributed by atoms with Crippen LogP contribution in [0.1, 0.15) is 19.3 Å². The summed E-state index contributed by atoms with van der Waals surface area (Å²) in [6.45, 7) is 0.136. The van der Waals surface area contributed by atoms with Gasteiger partial charge < -0.3 is 21.0 Å². The molecule has 0 aromatic rings. The van der Waals surface area contributed by atoms with Gasteiger partial charge in [-0.1, -0.05) is 0 Å². The second-order valence-corrected chi connectivity index (χ2v) is 3.24. The first kappa shape index (κ1) is 18.7. The Hall–Kier alpha value is -1.61. The third-order valence-corrected chi connectivity index (χ3v) is 1.84. The lowest BCUT2D eigenvalue weighted by Crippen LogP contribution is -2.33. The highest BCUT2D eigenvalue weighted by atomic mass is 35.5. The summed E-state index contributed by atoms with van der Waals surface area (Å²) in [6, 6.07) is -1.06. The molecule has 0 saturated heterocycles. The minimum Gasteiger partial charge on any atom is -0.480 e. The van der Waals surface area contributed by atoms with Gasteiger partial charge in [0, 0.05) is 13.0 Å². The van der Waals surface area contributed by atoms with E-state index in [0.717, 1.165) is 0 Å². The van der Waals surface area contributed by atoms with Gasteiger partial charge in [-0.25, -0.2) is 0 Å². The van der Waals surface area contributed by atoms with Crippen LogP contribution in [0.25, 0.3) is 0 Å². The molecule has 0 spiro atoms. The number of carbonyl (C=O) groups is 2. The lowest BCUT2D eigenvalue weighted by molar-refractivity contribution is -0.757. The number of hydrogen-bond donors (Lipinski definition) is 3. The molecule has 1 amide bonds. The first-order chi connectivity index (χ1) is 7.93. The molecule has 0 bridgehead atoms. The normalized spacial score (nSPS) is 10.9. The number of nitrogens with one attached hydrogen (secondary N) is 1. The van der Waals surface area contributed by atoms with Crippen LogP contribution in [0.3, 0.4) is 0 Å². The number of carboxylic acid groups (broad SMARTS) is 1. The summed E-state index contributed by atoms with van der Waals surface area (Å²) in [5.74, 6) is -1.50. The number of amides is 1. The van der Waals surface area contributed by atoms with E-state index in [1.165, 1.54) is 0 Å². The van der Waals surface area contributed by atoms with Crippen LogP contribution in [-0.2, 0) is 14.4 Å². The monoisotopic (exact) mass is 285 g/mol. The fraction of sp³-hybridized carbons (Fsp3) is 0.750. The number of rotatable bonds is 9. The number of nitrogens with zero attached hydrogens (tertiary/aromatic N) is 1. The van der Waals surface area contributed by atoms with Crippen LogP contribution in [0.2, 0.25) is 0 Å². The van der Waals surface area contributed by atoms with Crippen molar-refractivity contribution < 1.29 is 24.6 Å². The Kier molecular flexibility index (Phi) is 11.0. The highest BCUT2D eigenvalue weighted by Gasteiger charge is 2.12. The van der Waals surface area contributed by atoms with Crippen molar-refractivity contribution in [2.24, 2.45) is 5.73 Å². The molecule has 9 nitrogen and oxygen atoms in total. The molecule has 0 aromatic carbocycles. The Labute approximate surface area is 109 Å². The maximum absolute atomic E-state index is 11.1. The summed E-state index contributed by atoms with van der Waals surface area (Å²) in [5.41, 5.74) is 5.20. The minimum absolute atomic E-state index is 0. The molecular formula is C8H16ClN3O6. The van der Waals surface area contributed by atoms with Crippen LogP contribution in [0.15, 0.2) is 0 Å². The SMILES string of the molecule is Cl.N[C@@H](CCC(=O)NCCCO[N+](=O)[O-])C(=O)O. The molecule has 0 aliphatic carbocycles. The second-order valence-electron chi connectivity index (χ2n) is 3.24. The number of nitrogens with two attached hydrogens (primary N) is 1. The molecule has 0 unspecified atom stereocenters. The van der Waals surface area contributed by atoms with Gasteiger partial charge >= 0.3 is 5.97 Å². The maximum Gasteiger partial charge on any atom is 0.320 e. The zero-order chi connectivity index (χ0) is 13.3. The lowest BCUT2D eigenvalue weighted by atomic mass is 10.1. The van der Waals surface area contributed by atoms with E-state index >= 15 is 0 Å². The van der Waals surface area contributed by atoms with Crippen LogP contribution >= 0.6 is 12.4 Å². The largest absolute Gasteiger partial charge is 0.480 e. The molecule has 0 heterocycles. The van der Waals surface area contributed by atoms with Crippen molar-refractivity contribution in [2.45, 2.75) is 25.3 Å². The fourth-order valence-electron chi connectivity index (χ4n) is 0.938. The molecule has 0 aromatic heterocycles. The molecule has 4 N–H and O–H groups in total. The van der Waals surface area contributed by atoms with Crippen LogP contribution < -0.4 is 11.1 Å². The van der Waals surface area contributed by atoms with Crippen LogP contribution in [-0.4, -0.2) is 41.3 Å². The van der Waals surface area contributed by atoms with Gasteiger partial charge in [-0.15, -0.1) is 22.5 Å². The average molecular weight is 286 g/mol. The molecule has 0 aliphatic rings. The van der Waals surface area contributed by atoms with E-state index in [1.807, 2.05) is 0 Å². The molecule has 106 valence electrons. The summed E-state index contributed by atoms with van der Waals surface area (Å²) in [6.07, 6.45) is 0.355. The molecule has 0 radical (unpaired) electrons. The molecular weight excluding hydrogens is 270 g/mol. The third kappa shape index (κ3) is 10.9. The maximum atomic E-state index is 11.1. The number of carbonyl (C=O) groups excluding carboxylic acids is 1. The quantitative estimate of drug-likeness (QED) is 0.289. The Balaban J connectivity index is 0. The van der Waals surface area contributed by atoms with Crippen molar-refractivity contribution in [3.8, 4) is 0 Å². The van der Waals surface area contributed by atoms with Gasteiger partial charge in [0.2, 0.25) is 5.91 Å². The van der Waals surface area contributed by atoms with E-state index < -0.39 is 17.1 Å². The number of halogens is 1. The average Bonchev–Trinajstić information content (AvgIpc) is 2.24. The fourth-order valence-corrected chi connectivity index (χ4v) is 0.938. The van der Waals surface area contributed by atoms with Gasteiger partial charge in [-0.2, -0.15) is 0 Å². The van der Waals surface area contributed by atoms with Gasteiger partial charge in [0.15, 0.2) is 0 Å². The molecule has 18 heavy (non-hydrogen) atoms. The van der Waals surface area contributed by atoms with Crippen molar-refractivity contribution in [1.29, 1.82) is 0 Å². The van der Waals surface area contributed by atoms with E-state index in [1.54, 1.807) is 0 Å². The summed E-state index contributed by atoms with van der Waals surface area (Å²) in [7, 11) is 0. The molecule has 0 saturated carbocycles. The summed E-state index contributed by atoms with van der Waals surface area (Å²) in [5, 5.41) is 19.8. The highest BCUT2D eigenvalue weighted by molar-refractivity contribution is 5.85. The van der Waals surface area contributed by atoms with Crippen LogP contribution in [0.4, 0.5) is 0 Å². The van der Waals surface area contributed by atoms with Crippen molar-refractivity contribution >= 4 is 24.3 Å². The van der Waals surface area contributed by atoms with Crippen molar-refractivity contribution in [3.63, 3.8) is 0 Å². The molecule has 0 aliphatic heterocycles. The van der Waals surface area contributed by atoms with E-state index in [2.05, 4.69) is 10.2 Å². The number of aliphatic carboxylic acids is 1. The van der Waals surface area contributed by atoms with Gasteiger partial charge in [-0.05, 0) is 12.8 Å². The van der Waals surface area contributed by atoms with Crippen LogP contribution in [0.5, 0.6) is 0 Å². The van der Waals surface area contributed by atoms with Crippen molar-refractivity contribution in [3.05, 3.63) is 10.1 Å². The van der Waals surface area contributed by atoms with E-state index in [4.69, 9.17) is 10.8 Å². The molecule has 10 heteroatoms. The molecule has 1 atom stereocenters. The summed E-state index contributed by atoms with van der Waals surface area (Å²) in [4.78, 5) is 35.3. The first-order valence-corrected chi connectivity index (χ1v) is 4.96. The standard InChI is InChI=1S/C8H15N3O6.ClH/c9-6(8(13)14)2-3-7(12)10-4-1-5-17-11(15)16;/h6H,1-5,9H2,(H,10,12)(H,13,14);1H/t6-;/m0./s1. The first-order valence-electron chi connectivity index (χ1n) is 4.96. The van der Waals surface area contributed by atoms with Crippen molar-refractivity contribution in [1.82, 2.24) is 5.32 Å². The molecule has 0 fully saturated rings. The van der Waals surface area contributed by atoms with E-state index in [0.29, 0.717) is 6.42 Å². The number of carboxylic acids is 1. The van der Waals surface area contributed by atoms with Crippen molar-refractivity contribution in [2.75, 3.05) is 13.2 Å². The smallest absolute Gasteiger partial charge is 0.320 e. The van der Waals surface area contributed by atoms with Gasteiger partial charge in [0.25, 0.3) is 5.09 Å². The minimum atomic E-state index is -1.16. The number of hydrogen-bond acceptors (Lipinski definition) is 6. The molecule has 0 rings (SSSR count). The van der Waals surface area contributed by atoms with Gasteiger partial charge in [0.1, 0.15) is 6.04 Å². The highest BCUT2D eigenvalue weighted by Crippen LogP contribution is 1.94. The van der Waals surface area contributed by atoms with Crippen LogP contribution in [0, 0.1) is 10.1 Å². The van der Waals surface area contributed by atoms with Gasteiger partial charge in [-0.3, -0.25) is 9.59 Å². The van der Waals surface area contributed by atoms with E-state index in [9.17, 15) is 19.7 Å². The second kappa shape index (κ2) is 10.5. The third-order valence-electron chi connectivity index (χ3n) is 1.84. The zero-order valence-electron chi connectivity index (χ0n) is 9.53. The summed E-state index contributed by atoms with van der Waals surface area (Å²) >= 11 is 0.